The van der Waals surface area contributed by atoms with Gasteiger partial charge in [0.15, 0.2) is 0 Å². The fraction of sp³-hybridized carbons (Fsp3) is 1.00. The van der Waals surface area contributed by atoms with E-state index >= 15 is 0 Å². The van der Waals surface area contributed by atoms with Crippen molar-refractivity contribution < 1.29 is 20.4 Å². The highest BCUT2D eigenvalue weighted by atomic mass is 16.3. The van der Waals surface area contributed by atoms with Crippen LogP contribution in [0.2, 0.25) is 0 Å². The molecular formula is C9H22O4. The fourth-order valence-corrected chi connectivity index (χ4v) is 0.458. The molecule has 13 heavy (non-hydrogen) atoms. The van der Waals surface area contributed by atoms with Crippen molar-refractivity contribution in [1.82, 2.24) is 0 Å². The van der Waals surface area contributed by atoms with Crippen LogP contribution in [-0.4, -0.2) is 46.9 Å². The normalized spacial score (nSPS) is 9.69. The molecule has 4 heteroatoms. The summed E-state index contributed by atoms with van der Waals surface area (Å²) in [6, 6.07) is 0. The Bertz CT molecular complexity index is 70.0. The van der Waals surface area contributed by atoms with Gasteiger partial charge in [-0.1, -0.05) is 6.92 Å². The molecule has 0 atom stereocenters. The Kier molecular flexibility index (Phi) is 16.9. The second-order valence-corrected chi connectivity index (χ2v) is 2.98. The van der Waals surface area contributed by atoms with Crippen molar-refractivity contribution in [3.63, 3.8) is 0 Å². The van der Waals surface area contributed by atoms with E-state index < -0.39 is 0 Å². The summed E-state index contributed by atoms with van der Waals surface area (Å²) in [5.74, 6) is 0.0463. The predicted molar refractivity (Wildman–Crippen MR) is 51.4 cm³/mol. The maximum absolute atomic E-state index is 8.21. The molecular weight excluding hydrogens is 172 g/mol. The summed E-state index contributed by atoms with van der Waals surface area (Å²) in [6.45, 7) is 2.44. The summed E-state index contributed by atoms with van der Waals surface area (Å²) < 4.78 is 0. The Balaban J connectivity index is 0. The summed E-state index contributed by atoms with van der Waals surface area (Å²) in [5.41, 5.74) is 0. The lowest BCUT2D eigenvalue weighted by molar-refractivity contribution is 0.162. The molecule has 0 unspecified atom stereocenters. The van der Waals surface area contributed by atoms with Crippen molar-refractivity contribution in [2.24, 2.45) is 5.92 Å². The van der Waals surface area contributed by atoms with E-state index in [4.69, 9.17) is 20.4 Å². The lowest BCUT2D eigenvalue weighted by Crippen LogP contribution is -2.04. The summed E-state index contributed by atoms with van der Waals surface area (Å²) in [7, 11) is 0. The molecule has 0 amide bonds. The zero-order valence-corrected chi connectivity index (χ0v) is 8.32. The Hall–Kier alpha value is -0.160. The third-order valence-corrected chi connectivity index (χ3v) is 1.44. The third kappa shape index (κ3) is 18.7. The lowest BCUT2D eigenvalue weighted by atomic mass is 10.2. The maximum atomic E-state index is 8.21. The first-order valence-corrected chi connectivity index (χ1v) is 4.66. The zero-order valence-electron chi connectivity index (χ0n) is 8.32. The first-order valence-electron chi connectivity index (χ1n) is 4.66. The van der Waals surface area contributed by atoms with Crippen LogP contribution in [0.15, 0.2) is 0 Å². The van der Waals surface area contributed by atoms with Gasteiger partial charge >= 0.3 is 0 Å². The zero-order chi connectivity index (χ0) is 10.5. The average Bonchev–Trinajstić information content (AvgIpc) is 2.18. The summed E-state index contributed by atoms with van der Waals surface area (Å²) in [5, 5.41) is 32.8. The van der Waals surface area contributed by atoms with E-state index in [1.807, 2.05) is 0 Å². The highest BCUT2D eigenvalue weighted by Crippen LogP contribution is 1.90. The fourth-order valence-electron chi connectivity index (χ4n) is 0.458. The van der Waals surface area contributed by atoms with Gasteiger partial charge in [-0.3, -0.25) is 0 Å². The number of unbranched alkanes of at least 4 members (excludes halogenated alkanes) is 2. The average molecular weight is 194 g/mol. The molecule has 0 aliphatic rings. The Morgan fingerprint density at radius 1 is 0.769 bits per heavy atom. The molecule has 0 fully saturated rings. The van der Waals surface area contributed by atoms with Gasteiger partial charge < -0.3 is 20.4 Å². The SMILES string of the molecule is CC(CO)CO.OCCCCCO. The van der Waals surface area contributed by atoms with Crippen LogP contribution in [0.25, 0.3) is 0 Å². The van der Waals surface area contributed by atoms with Crippen LogP contribution in [0.3, 0.4) is 0 Å². The van der Waals surface area contributed by atoms with Crippen LogP contribution < -0.4 is 0 Å². The maximum Gasteiger partial charge on any atom is 0.0478 e. The van der Waals surface area contributed by atoms with Gasteiger partial charge in [0.25, 0.3) is 0 Å². The Morgan fingerprint density at radius 3 is 1.31 bits per heavy atom. The van der Waals surface area contributed by atoms with Crippen LogP contribution in [0.4, 0.5) is 0 Å². The molecule has 4 N–H and O–H groups in total. The second kappa shape index (κ2) is 14.4. The molecule has 0 rings (SSSR count). The molecule has 0 saturated heterocycles. The van der Waals surface area contributed by atoms with Crippen LogP contribution in [0.1, 0.15) is 26.2 Å². The number of hydrogen-bond acceptors (Lipinski definition) is 4. The molecule has 0 aliphatic heterocycles. The number of aliphatic hydroxyl groups excluding tert-OH is 4. The number of hydrogen-bond donors (Lipinski definition) is 4. The summed E-state index contributed by atoms with van der Waals surface area (Å²) in [6.07, 6.45) is 2.58. The molecule has 82 valence electrons. The van der Waals surface area contributed by atoms with Gasteiger partial charge in [-0.2, -0.15) is 0 Å². The number of rotatable bonds is 6. The predicted octanol–water partition coefficient (Wildman–Crippen LogP) is -0.252. The minimum absolute atomic E-state index is 0.0463. The van der Waals surface area contributed by atoms with Gasteiger partial charge in [-0.05, 0) is 19.3 Å². The summed E-state index contributed by atoms with van der Waals surface area (Å²) in [4.78, 5) is 0. The van der Waals surface area contributed by atoms with Crippen LogP contribution in [0.5, 0.6) is 0 Å². The molecule has 0 saturated carbocycles. The highest BCUT2D eigenvalue weighted by Gasteiger charge is 1.91. The molecule has 0 aromatic rings. The van der Waals surface area contributed by atoms with Crippen molar-refractivity contribution >= 4 is 0 Å². The topological polar surface area (TPSA) is 80.9 Å². The van der Waals surface area contributed by atoms with Crippen LogP contribution >= 0.6 is 0 Å². The van der Waals surface area contributed by atoms with Crippen molar-refractivity contribution in [3.05, 3.63) is 0 Å². The van der Waals surface area contributed by atoms with E-state index in [0.29, 0.717) is 0 Å². The molecule has 0 bridgehead atoms. The quantitative estimate of drug-likeness (QED) is 0.439. The highest BCUT2D eigenvalue weighted by molar-refractivity contribution is 4.41. The number of aliphatic hydroxyl groups is 4. The minimum Gasteiger partial charge on any atom is -0.396 e. The van der Waals surface area contributed by atoms with E-state index in [2.05, 4.69) is 0 Å². The Labute approximate surface area is 79.8 Å². The van der Waals surface area contributed by atoms with Gasteiger partial charge in [-0.15, -0.1) is 0 Å². The van der Waals surface area contributed by atoms with Gasteiger partial charge in [0, 0.05) is 32.3 Å². The molecule has 0 spiro atoms. The van der Waals surface area contributed by atoms with Gasteiger partial charge in [-0.25, -0.2) is 0 Å². The summed E-state index contributed by atoms with van der Waals surface area (Å²) >= 11 is 0. The van der Waals surface area contributed by atoms with Crippen molar-refractivity contribution in [2.45, 2.75) is 26.2 Å². The van der Waals surface area contributed by atoms with Gasteiger partial charge in [0.1, 0.15) is 0 Å². The van der Waals surface area contributed by atoms with E-state index in [1.165, 1.54) is 0 Å². The Morgan fingerprint density at radius 2 is 1.15 bits per heavy atom. The molecule has 0 aromatic carbocycles. The monoisotopic (exact) mass is 194 g/mol. The smallest absolute Gasteiger partial charge is 0.0478 e. The van der Waals surface area contributed by atoms with E-state index in [9.17, 15) is 0 Å². The van der Waals surface area contributed by atoms with E-state index in [1.54, 1.807) is 6.92 Å². The molecule has 0 radical (unpaired) electrons. The lowest BCUT2D eigenvalue weighted by Gasteiger charge is -1.97. The van der Waals surface area contributed by atoms with Crippen molar-refractivity contribution in [3.8, 4) is 0 Å². The van der Waals surface area contributed by atoms with Crippen molar-refractivity contribution in [2.75, 3.05) is 26.4 Å². The molecule has 4 nitrogen and oxygen atoms in total. The van der Waals surface area contributed by atoms with E-state index in [-0.39, 0.29) is 32.3 Å². The van der Waals surface area contributed by atoms with Crippen LogP contribution in [0, 0.1) is 5.92 Å². The third-order valence-electron chi connectivity index (χ3n) is 1.44. The first kappa shape index (κ1) is 15.3. The standard InChI is InChI=1S/C5H12O2.C4H10O2/c6-4-2-1-3-5-7;1-4(2-5)3-6/h6-7H,1-5H2;4-6H,2-3H2,1H3. The van der Waals surface area contributed by atoms with Gasteiger partial charge in [0.2, 0.25) is 0 Å². The minimum atomic E-state index is 0.0463. The van der Waals surface area contributed by atoms with Crippen molar-refractivity contribution in [1.29, 1.82) is 0 Å². The molecule has 0 aromatic heterocycles. The molecule has 0 heterocycles. The molecule has 0 aliphatic carbocycles. The van der Waals surface area contributed by atoms with Crippen LogP contribution in [-0.2, 0) is 0 Å². The first-order chi connectivity index (χ1) is 6.22. The van der Waals surface area contributed by atoms with E-state index in [0.717, 1.165) is 19.3 Å². The van der Waals surface area contributed by atoms with Gasteiger partial charge in [0.05, 0.1) is 0 Å². The largest absolute Gasteiger partial charge is 0.396 e. The second-order valence-electron chi connectivity index (χ2n) is 2.98.